The Bertz CT molecular complexity index is 1460. The number of aromatic amines is 1. The van der Waals surface area contributed by atoms with Crippen molar-refractivity contribution >= 4 is 66.6 Å². The molecule has 33 heavy (non-hydrogen) atoms. The summed E-state index contributed by atoms with van der Waals surface area (Å²) in [4.78, 5) is 41.5. The quantitative estimate of drug-likeness (QED) is 0.325. The number of benzene rings is 2. The molecule has 0 aliphatic carbocycles. The maximum atomic E-state index is 13.3. The summed E-state index contributed by atoms with van der Waals surface area (Å²) >= 11 is 5.54. The van der Waals surface area contributed by atoms with Gasteiger partial charge in [-0.2, -0.15) is 0 Å². The number of carbonyl (C=O) groups is 2. The van der Waals surface area contributed by atoms with Crippen LogP contribution in [0.2, 0.25) is 0 Å². The second-order valence-corrected chi connectivity index (χ2v) is 12.1. The number of nitrogens with two attached hydrogens (primary N) is 1. The zero-order valence-corrected chi connectivity index (χ0v) is 20.4. The number of nitrogens with one attached hydrogen (secondary N) is 2. The van der Waals surface area contributed by atoms with Gasteiger partial charge in [0.25, 0.3) is 0 Å². The second-order valence-electron chi connectivity index (χ2n) is 7.41. The van der Waals surface area contributed by atoms with Gasteiger partial charge in [0.15, 0.2) is 0 Å². The van der Waals surface area contributed by atoms with Gasteiger partial charge in [0, 0.05) is 26.5 Å². The number of halogens is 1. The van der Waals surface area contributed by atoms with Gasteiger partial charge in [0.05, 0.1) is 15.8 Å². The second kappa shape index (κ2) is 8.09. The number of carbonyl (C=O) groups excluding carboxylic acids is 2. The fourth-order valence-electron chi connectivity index (χ4n) is 3.94. The number of aromatic nitrogens is 1. The van der Waals surface area contributed by atoms with Gasteiger partial charge in [-0.1, -0.05) is 39.0 Å². The summed E-state index contributed by atoms with van der Waals surface area (Å²) in [5.41, 5.74) is 1.04. The van der Waals surface area contributed by atoms with Crippen molar-refractivity contribution in [1.29, 1.82) is 0 Å². The van der Waals surface area contributed by atoms with Gasteiger partial charge in [0.2, 0.25) is 15.9 Å². The lowest BCUT2D eigenvalue weighted by Crippen LogP contribution is -2.46. The van der Waals surface area contributed by atoms with Crippen molar-refractivity contribution in [3.63, 3.8) is 0 Å². The van der Waals surface area contributed by atoms with Gasteiger partial charge in [0.1, 0.15) is 11.0 Å². The molecular formula is C20H14BrN3O6S3. The first-order valence-corrected chi connectivity index (χ1v) is 13.5. The van der Waals surface area contributed by atoms with Crippen LogP contribution < -0.4 is 20.1 Å². The molecule has 0 bridgehead atoms. The molecule has 2 aromatic carbocycles. The molecule has 9 nitrogen and oxygen atoms in total. The lowest BCUT2D eigenvalue weighted by Gasteiger charge is -2.38. The number of primary sulfonamides is 1. The van der Waals surface area contributed by atoms with Crippen LogP contribution in [0.4, 0.5) is 5.69 Å². The SMILES string of the molecule is NS(=O)(=O)c1ccc(NC(=O)C2Sc3[nH]c(=O)sc3C3c4cc(Br)ccc4OC(=O)C23)cc1. The van der Waals surface area contributed by atoms with Crippen LogP contribution in [0.5, 0.6) is 5.75 Å². The van der Waals surface area contributed by atoms with E-state index < -0.39 is 39.0 Å². The predicted molar refractivity (Wildman–Crippen MR) is 126 cm³/mol. The van der Waals surface area contributed by atoms with Crippen LogP contribution >= 0.6 is 39.0 Å². The Morgan fingerprint density at radius 1 is 1.15 bits per heavy atom. The van der Waals surface area contributed by atoms with Crippen molar-refractivity contribution in [2.45, 2.75) is 21.1 Å². The lowest BCUT2D eigenvalue weighted by atomic mass is 9.80. The summed E-state index contributed by atoms with van der Waals surface area (Å²) in [5, 5.41) is 7.47. The molecule has 170 valence electrons. The Morgan fingerprint density at radius 3 is 2.58 bits per heavy atom. The molecule has 5 rings (SSSR count). The van der Waals surface area contributed by atoms with Crippen molar-refractivity contribution in [2.24, 2.45) is 11.1 Å². The van der Waals surface area contributed by atoms with E-state index in [1.807, 2.05) is 6.07 Å². The lowest BCUT2D eigenvalue weighted by molar-refractivity contribution is -0.142. The van der Waals surface area contributed by atoms with E-state index in [-0.39, 0.29) is 9.77 Å². The Kier molecular flexibility index (Phi) is 5.48. The van der Waals surface area contributed by atoms with E-state index in [9.17, 15) is 22.8 Å². The number of rotatable bonds is 3. The highest BCUT2D eigenvalue weighted by Crippen LogP contribution is 2.54. The maximum absolute atomic E-state index is 13.3. The van der Waals surface area contributed by atoms with E-state index in [1.165, 1.54) is 24.3 Å². The third kappa shape index (κ3) is 4.04. The first-order chi connectivity index (χ1) is 15.6. The van der Waals surface area contributed by atoms with E-state index in [0.717, 1.165) is 27.6 Å². The molecule has 0 saturated carbocycles. The van der Waals surface area contributed by atoms with Gasteiger partial charge >= 0.3 is 10.8 Å². The molecule has 1 aromatic heterocycles. The van der Waals surface area contributed by atoms with Crippen LogP contribution in [-0.2, 0) is 19.6 Å². The molecule has 3 atom stereocenters. The molecular weight excluding hydrogens is 554 g/mol. The number of thioether (sulfide) groups is 1. The van der Waals surface area contributed by atoms with Crippen LogP contribution in [0.3, 0.4) is 0 Å². The van der Waals surface area contributed by atoms with Crippen molar-refractivity contribution in [1.82, 2.24) is 4.98 Å². The molecule has 3 heterocycles. The normalized spacial score (nSPS) is 21.4. The average Bonchev–Trinajstić information content (AvgIpc) is 3.13. The van der Waals surface area contributed by atoms with Crippen LogP contribution in [0.1, 0.15) is 16.4 Å². The van der Waals surface area contributed by atoms with Crippen LogP contribution in [0.25, 0.3) is 0 Å². The Hall–Kier alpha value is -2.45. The zero-order valence-electron chi connectivity index (χ0n) is 16.4. The molecule has 0 fully saturated rings. The molecule has 2 aliphatic rings. The minimum absolute atomic E-state index is 0.0915. The Balaban J connectivity index is 1.53. The van der Waals surface area contributed by atoms with Gasteiger partial charge in [-0.05, 0) is 42.5 Å². The largest absolute Gasteiger partial charge is 0.426 e. The summed E-state index contributed by atoms with van der Waals surface area (Å²) in [6.45, 7) is 0. The first kappa shape index (κ1) is 22.3. The molecule has 1 amide bonds. The van der Waals surface area contributed by atoms with Crippen LogP contribution in [0.15, 0.2) is 61.7 Å². The zero-order chi connectivity index (χ0) is 23.5. The highest BCUT2D eigenvalue weighted by molar-refractivity contribution is 9.10. The van der Waals surface area contributed by atoms with Crippen molar-refractivity contribution < 1.29 is 22.7 Å². The number of anilines is 1. The summed E-state index contributed by atoms with van der Waals surface area (Å²) < 4.78 is 29.2. The molecule has 4 N–H and O–H groups in total. The number of hydrogen-bond acceptors (Lipinski definition) is 8. The fourth-order valence-corrected chi connectivity index (χ4v) is 7.30. The Morgan fingerprint density at radius 2 is 1.88 bits per heavy atom. The van der Waals surface area contributed by atoms with E-state index >= 15 is 0 Å². The van der Waals surface area contributed by atoms with Crippen molar-refractivity contribution in [3.05, 3.63) is 67.0 Å². The predicted octanol–water partition coefficient (Wildman–Crippen LogP) is 2.63. The molecule has 13 heteroatoms. The van der Waals surface area contributed by atoms with E-state index in [0.29, 0.717) is 26.9 Å². The molecule has 0 radical (unpaired) electrons. The number of amides is 1. The molecule has 0 saturated heterocycles. The topological polar surface area (TPSA) is 148 Å². The Labute approximate surface area is 203 Å². The minimum atomic E-state index is -3.87. The first-order valence-electron chi connectivity index (χ1n) is 9.46. The van der Waals surface area contributed by atoms with Gasteiger partial charge in [-0.25, -0.2) is 13.6 Å². The summed E-state index contributed by atoms with van der Waals surface area (Å²) in [5.74, 6) is -2.04. The average molecular weight is 568 g/mol. The summed E-state index contributed by atoms with van der Waals surface area (Å²) in [6.07, 6.45) is 0. The maximum Gasteiger partial charge on any atom is 0.317 e. The standard InChI is InChI=1S/C20H14BrN3O6S3/c21-8-1-6-12-11(7-8)13-14(19(26)30-12)15(31-18-16(13)32-20(27)24-18)17(25)23-9-2-4-10(5-3-9)33(22,28)29/h1-7,13-15H,(H,23,25)(H,24,27)(H2,22,28,29). The summed E-state index contributed by atoms with van der Waals surface area (Å²) in [6, 6.07) is 10.6. The van der Waals surface area contributed by atoms with E-state index in [2.05, 4.69) is 26.2 Å². The number of hydrogen-bond donors (Lipinski definition) is 3. The van der Waals surface area contributed by atoms with Gasteiger partial charge in [-0.3, -0.25) is 14.4 Å². The van der Waals surface area contributed by atoms with Crippen LogP contribution in [-0.4, -0.2) is 30.5 Å². The number of sulfonamides is 1. The van der Waals surface area contributed by atoms with E-state index in [1.54, 1.807) is 12.1 Å². The number of thiazole rings is 1. The number of esters is 1. The van der Waals surface area contributed by atoms with Gasteiger partial charge in [-0.15, -0.1) is 0 Å². The third-order valence-corrected chi connectivity index (χ3v) is 9.19. The number of H-pyrrole nitrogens is 1. The highest BCUT2D eigenvalue weighted by atomic mass is 79.9. The summed E-state index contributed by atoms with van der Waals surface area (Å²) in [7, 11) is -3.87. The molecule has 3 aromatic rings. The van der Waals surface area contributed by atoms with Gasteiger partial charge < -0.3 is 15.0 Å². The molecule has 2 aliphatic heterocycles. The fraction of sp³-hybridized carbons (Fsp3) is 0.150. The molecule has 3 unspecified atom stereocenters. The van der Waals surface area contributed by atoms with Crippen molar-refractivity contribution in [3.8, 4) is 5.75 Å². The van der Waals surface area contributed by atoms with Crippen molar-refractivity contribution in [2.75, 3.05) is 5.32 Å². The van der Waals surface area contributed by atoms with Crippen LogP contribution in [0, 0.1) is 5.92 Å². The highest BCUT2D eigenvalue weighted by Gasteiger charge is 2.51. The number of fused-ring (bicyclic) bond motifs is 5. The van der Waals surface area contributed by atoms with E-state index in [4.69, 9.17) is 9.88 Å². The minimum Gasteiger partial charge on any atom is -0.426 e. The molecule has 0 spiro atoms. The third-order valence-electron chi connectivity index (χ3n) is 5.35. The smallest absolute Gasteiger partial charge is 0.317 e. The number of ether oxygens (including phenoxy) is 1. The monoisotopic (exact) mass is 567 g/mol.